The molecule has 0 saturated heterocycles. The van der Waals surface area contributed by atoms with E-state index in [-0.39, 0.29) is 27.7 Å². The van der Waals surface area contributed by atoms with Gasteiger partial charge in [0.2, 0.25) is 10.0 Å². The van der Waals surface area contributed by atoms with Crippen LogP contribution in [0.1, 0.15) is 15.9 Å². The number of nitrogens with two attached hydrogens (primary N) is 1. The molecule has 0 aliphatic rings. The Labute approximate surface area is 191 Å². The first kappa shape index (κ1) is 24.7. The molecule has 9 nitrogen and oxygen atoms in total. The average Bonchev–Trinajstić information content (AvgIpc) is 2.77. The molecule has 0 saturated carbocycles. The minimum Gasteiger partial charge on any atom is -0.452 e. The van der Waals surface area contributed by atoms with Crippen LogP contribution in [0.25, 0.3) is 0 Å². The van der Waals surface area contributed by atoms with E-state index in [0.717, 1.165) is 12.1 Å². The van der Waals surface area contributed by atoms with Crippen molar-refractivity contribution in [1.29, 1.82) is 0 Å². The number of rotatable bonds is 7. The topological polar surface area (TPSA) is 140 Å². The molecule has 1 amide bonds. The van der Waals surface area contributed by atoms with Gasteiger partial charge < -0.3 is 15.4 Å². The third kappa shape index (κ3) is 6.52. The summed E-state index contributed by atoms with van der Waals surface area (Å²) < 4.78 is 66.3. The first-order valence-corrected chi connectivity index (χ1v) is 11.0. The van der Waals surface area contributed by atoms with E-state index in [0.29, 0.717) is 0 Å². The van der Waals surface area contributed by atoms with Gasteiger partial charge in [-0.1, -0.05) is 6.07 Å². The number of amides is 1. The van der Waals surface area contributed by atoms with Gasteiger partial charge in [-0.15, -0.1) is 0 Å². The first-order valence-electron chi connectivity index (χ1n) is 9.42. The summed E-state index contributed by atoms with van der Waals surface area (Å²) in [4.78, 5) is 28.3. The number of pyridine rings is 1. The largest absolute Gasteiger partial charge is 0.452 e. The normalized spacial score (nSPS) is 11.5. The van der Waals surface area contributed by atoms with Crippen LogP contribution in [0.2, 0.25) is 0 Å². The smallest absolute Gasteiger partial charge is 0.416 e. The van der Waals surface area contributed by atoms with E-state index < -0.39 is 40.2 Å². The van der Waals surface area contributed by atoms with Gasteiger partial charge in [0, 0.05) is 17.6 Å². The SMILES string of the molecule is NS(=O)(=O)c1ccc(NC(=O)COC(=O)c2cccnc2Nc2cccc(C(F)(F)F)c2)cc1. The van der Waals surface area contributed by atoms with Gasteiger partial charge >= 0.3 is 12.1 Å². The van der Waals surface area contributed by atoms with E-state index >= 15 is 0 Å². The summed E-state index contributed by atoms with van der Waals surface area (Å²) in [5, 5.41) is 10.1. The molecular weight excluding hydrogens is 477 g/mol. The van der Waals surface area contributed by atoms with Crippen LogP contribution in [0, 0.1) is 0 Å². The first-order chi connectivity index (χ1) is 15.9. The lowest BCUT2D eigenvalue weighted by Gasteiger charge is -2.13. The fourth-order valence-corrected chi connectivity index (χ4v) is 3.23. The second kappa shape index (κ2) is 9.89. The molecule has 3 rings (SSSR count). The summed E-state index contributed by atoms with van der Waals surface area (Å²) >= 11 is 0. The zero-order valence-electron chi connectivity index (χ0n) is 17.2. The summed E-state index contributed by atoms with van der Waals surface area (Å²) in [5.74, 6) is -1.72. The average molecular weight is 494 g/mol. The summed E-state index contributed by atoms with van der Waals surface area (Å²) in [5.41, 5.74) is -0.707. The third-order valence-corrected chi connectivity index (χ3v) is 5.21. The number of nitrogens with zero attached hydrogens (tertiary/aromatic N) is 1. The van der Waals surface area contributed by atoms with Gasteiger partial charge in [-0.05, 0) is 54.6 Å². The number of carbonyl (C=O) groups is 2. The van der Waals surface area contributed by atoms with Gasteiger partial charge in [-0.25, -0.2) is 23.3 Å². The number of sulfonamides is 1. The van der Waals surface area contributed by atoms with E-state index in [1.165, 1.54) is 54.7 Å². The second-order valence-corrected chi connectivity index (χ2v) is 8.36. The Hall–Kier alpha value is -3.97. The van der Waals surface area contributed by atoms with Gasteiger partial charge in [-0.3, -0.25) is 4.79 Å². The molecule has 2 aromatic carbocycles. The van der Waals surface area contributed by atoms with Gasteiger partial charge in [0.25, 0.3) is 5.91 Å². The Morgan fingerprint density at radius 3 is 2.35 bits per heavy atom. The summed E-state index contributed by atoms with van der Waals surface area (Å²) in [6.45, 7) is -0.687. The Balaban J connectivity index is 1.64. The summed E-state index contributed by atoms with van der Waals surface area (Å²) in [6, 6.07) is 12.1. The van der Waals surface area contributed by atoms with Crippen LogP contribution in [0.4, 0.5) is 30.4 Å². The molecule has 13 heteroatoms. The number of primary sulfonamides is 1. The van der Waals surface area contributed by atoms with Crippen LogP contribution in [0.3, 0.4) is 0 Å². The van der Waals surface area contributed by atoms with Crippen molar-refractivity contribution in [3.8, 4) is 0 Å². The number of ether oxygens (including phenoxy) is 1. The van der Waals surface area contributed by atoms with Crippen LogP contribution < -0.4 is 15.8 Å². The van der Waals surface area contributed by atoms with Crippen molar-refractivity contribution in [2.75, 3.05) is 17.2 Å². The quantitative estimate of drug-likeness (QED) is 0.428. The number of aromatic nitrogens is 1. The van der Waals surface area contributed by atoms with E-state index in [4.69, 9.17) is 9.88 Å². The van der Waals surface area contributed by atoms with Crippen LogP contribution in [0.15, 0.2) is 71.8 Å². The van der Waals surface area contributed by atoms with Crippen molar-refractivity contribution in [2.24, 2.45) is 5.14 Å². The van der Waals surface area contributed by atoms with Crippen LogP contribution >= 0.6 is 0 Å². The Morgan fingerprint density at radius 1 is 1.00 bits per heavy atom. The molecule has 1 heterocycles. The number of alkyl halides is 3. The Bertz CT molecular complexity index is 1310. The Kier molecular flexibility index (Phi) is 7.17. The number of halogens is 3. The highest BCUT2D eigenvalue weighted by molar-refractivity contribution is 7.89. The highest BCUT2D eigenvalue weighted by Gasteiger charge is 2.30. The van der Waals surface area contributed by atoms with Crippen molar-refractivity contribution in [3.63, 3.8) is 0 Å². The Morgan fingerprint density at radius 2 is 1.71 bits per heavy atom. The predicted molar refractivity (Wildman–Crippen MR) is 116 cm³/mol. The molecule has 34 heavy (non-hydrogen) atoms. The van der Waals surface area contributed by atoms with E-state index in [9.17, 15) is 31.2 Å². The molecule has 0 atom stereocenters. The van der Waals surface area contributed by atoms with Crippen LogP contribution in [-0.2, 0) is 25.7 Å². The van der Waals surface area contributed by atoms with Gasteiger partial charge in [0.15, 0.2) is 6.61 Å². The lowest BCUT2D eigenvalue weighted by molar-refractivity contribution is -0.137. The molecule has 0 fully saturated rings. The monoisotopic (exact) mass is 494 g/mol. The van der Waals surface area contributed by atoms with Crippen molar-refractivity contribution < 1.29 is 35.9 Å². The molecule has 0 unspecified atom stereocenters. The maximum absolute atomic E-state index is 12.9. The minimum absolute atomic E-state index is 0.0447. The number of anilines is 3. The van der Waals surface area contributed by atoms with E-state index in [1.54, 1.807) is 0 Å². The predicted octanol–water partition coefficient (Wildman–Crippen LogP) is 3.29. The molecular formula is C21H17F3N4O5S. The molecule has 0 aliphatic heterocycles. The number of benzene rings is 2. The maximum Gasteiger partial charge on any atom is 0.416 e. The summed E-state index contributed by atoms with van der Waals surface area (Å²) in [6.07, 6.45) is -3.22. The molecule has 4 N–H and O–H groups in total. The lowest BCUT2D eigenvalue weighted by Crippen LogP contribution is -2.21. The molecule has 0 bridgehead atoms. The zero-order chi connectivity index (χ0) is 24.9. The maximum atomic E-state index is 12.9. The molecule has 3 aromatic rings. The van der Waals surface area contributed by atoms with Crippen molar-refractivity contribution in [3.05, 3.63) is 78.0 Å². The molecule has 0 radical (unpaired) electrons. The van der Waals surface area contributed by atoms with Crippen LogP contribution in [0.5, 0.6) is 0 Å². The molecule has 1 aromatic heterocycles. The fourth-order valence-electron chi connectivity index (χ4n) is 2.71. The number of nitrogens with one attached hydrogen (secondary N) is 2. The van der Waals surface area contributed by atoms with Crippen LogP contribution in [-0.4, -0.2) is 31.9 Å². The lowest BCUT2D eigenvalue weighted by atomic mass is 10.2. The second-order valence-electron chi connectivity index (χ2n) is 6.80. The van der Waals surface area contributed by atoms with E-state index in [2.05, 4.69) is 15.6 Å². The number of hydrogen-bond acceptors (Lipinski definition) is 7. The number of esters is 1. The minimum atomic E-state index is -4.55. The molecule has 0 aliphatic carbocycles. The summed E-state index contributed by atoms with van der Waals surface area (Å²) in [7, 11) is -3.89. The third-order valence-electron chi connectivity index (χ3n) is 4.28. The molecule has 178 valence electrons. The van der Waals surface area contributed by atoms with Gasteiger partial charge in [0.1, 0.15) is 11.4 Å². The molecule has 0 spiro atoms. The van der Waals surface area contributed by atoms with Gasteiger partial charge in [0.05, 0.1) is 10.5 Å². The highest BCUT2D eigenvalue weighted by Crippen LogP contribution is 2.31. The van der Waals surface area contributed by atoms with Crippen molar-refractivity contribution in [2.45, 2.75) is 11.1 Å². The van der Waals surface area contributed by atoms with Crippen molar-refractivity contribution >= 4 is 39.1 Å². The standard InChI is InChI=1S/C21H17F3N4O5S/c22-21(23,24)13-3-1-4-15(11-13)28-19-17(5-2-10-26-19)20(30)33-12-18(29)27-14-6-8-16(9-7-14)34(25,31)32/h1-11H,12H2,(H,26,28)(H,27,29)(H2,25,31,32). The van der Waals surface area contributed by atoms with Gasteiger partial charge in [-0.2, -0.15) is 13.2 Å². The zero-order valence-corrected chi connectivity index (χ0v) is 18.0. The highest BCUT2D eigenvalue weighted by atomic mass is 32.2. The van der Waals surface area contributed by atoms with Crippen molar-refractivity contribution in [1.82, 2.24) is 4.98 Å². The van der Waals surface area contributed by atoms with E-state index in [1.807, 2.05) is 0 Å². The number of carbonyl (C=O) groups excluding carboxylic acids is 2. The fraction of sp³-hybridized carbons (Fsp3) is 0.0952. The number of hydrogen-bond donors (Lipinski definition) is 3.